The zero-order valence-corrected chi connectivity index (χ0v) is 9.83. The van der Waals surface area contributed by atoms with E-state index in [4.69, 9.17) is 9.15 Å². The molecule has 0 spiro atoms. The first-order chi connectivity index (χ1) is 8.86. The maximum Gasteiger partial charge on any atom is 0.294 e. The van der Waals surface area contributed by atoms with E-state index in [-0.39, 0.29) is 5.91 Å². The average molecular weight is 243 g/mol. The molecule has 18 heavy (non-hydrogen) atoms. The lowest BCUT2D eigenvalue weighted by Gasteiger charge is -2.20. The molecular formula is C14H13NO3. The minimum absolute atomic E-state index is 0.127. The van der Waals surface area contributed by atoms with E-state index in [1.165, 1.54) is 6.26 Å². The van der Waals surface area contributed by atoms with Crippen LogP contribution in [0.15, 0.2) is 47.1 Å². The number of nitrogens with zero attached hydrogens (tertiary/aromatic N) is 1. The second-order valence-corrected chi connectivity index (χ2v) is 4.10. The molecule has 0 saturated heterocycles. The fraction of sp³-hybridized carbons (Fsp3) is 0.214. The molecule has 1 aliphatic heterocycles. The molecule has 0 N–H and O–H groups in total. The highest BCUT2D eigenvalue weighted by atomic mass is 16.5. The lowest BCUT2D eigenvalue weighted by atomic mass is 10.2. The summed E-state index contributed by atoms with van der Waals surface area (Å²) in [6.07, 6.45) is 2.31. The Bertz CT molecular complexity index is 548. The second kappa shape index (κ2) is 4.56. The van der Waals surface area contributed by atoms with E-state index in [9.17, 15) is 4.79 Å². The zero-order chi connectivity index (χ0) is 12.4. The summed E-state index contributed by atoms with van der Waals surface area (Å²) in [6, 6.07) is 11.0. The Hall–Kier alpha value is -2.23. The van der Waals surface area contributed by atoms with Gasteiger partial charge in [0.1, 0.15) is 5.75 Å². The molecule has 4 nitrogen and oxygen atoms in total. The molecule has 0 radical (unpaired) electrons. The van der Waals surface area contributed by atoms with Gasteiger partial charge in [-0.2, -0.15) is 0 Å². The highest BCUT2D eigenvalue weighted by Gasteiger charge is 2.24. The minimum Gasteiger partial charge on any atom is -0.491 e. The van der Waals surface area contributed by atoms with Gasteiger partial charge in [-0.15, -0.1) is 0 Å². The molecule has 92 valence electrons. The van der Waals surface area contributed by atoms with Crippen LogP contribution in [0.25, 0.3) is 0 Å². The van der Waals surface area contributed by atoms with Crippen molar-refractivity contribution < 1.29 is 13.9 Å². The summed E-state index contributed by atoms with van der Waals surface area (Å²) in [4.78, 5) is 14.1. The molecule has 2 aromatic rings. The van der Waals surface area contributed by atoms with Gasteiger partial charge in [-0.3, -0.25) is 4.79 Å². The van der Waals surface area contributed by atoms with Gasteiger partial charge in [0.15, 0.2) is 5.76 Å². The van der Waals surface area contributed by atoms with Crippen LogP contribution in [0.5, 0.6) is 5.75 Å². The summed E-state index contributed by atoms with van der Waals surface area (Å²) < 4.78 is 10.8. The SMILES string of the molecule is O=C(c1ccco1)N1CCCOc2ccccc21. The van der Waals surface area contributed by atoms with E-state index in [1.54, 1.807) is 17.0 Å². The van der Waals surface area contributed by atoms with Crippen LogP contribution in [0.4, 0.5) is 5.69 Å². The van der Waals surface area contributed by atoms with Crippen molar-refractivity contribution in [1.82, 2.24) is 0 Å². The largest absolute Gasteiger partial charge is 0.491 e. The topological polar surface area (TPSA) is 42.7 Å². The maximum atomic E-state index is 12.4. The van der Waals surface area contributed by atoms with Crippen LogP contribution in [-0.4, -0.2) is 19.1 Å². The number of hydrogen-bond acceptors (Lipinski definition) is 3. The van der Waals surface area contributed by atoms with E-state index < -0.39 is 0 Å². The molecule has 1 aliphatic rings. The van der Waals surface area contributed by atoms with E-state index in [0.717, 1.165) is 17.9 Å². The summed E-state index contributed by atoms with van der Waals surface area (Å²) in [5.74, 6) is 0.972. The summed E-state index contributed by atoms with van der Waals surface area (Å²) in [7, 11) is 0. The van der Waals surface area contributed by atoms with E-state index in [1.807, 2.05) is 24.3 Å². The lowest BCUT2D eigenvalue weighted by molar-refractivity contribution is 0.0960. The number of para-hydroxylation sites is 2. The Morgan fingerprint density at radius 2 is 2.06 bits per heavy atom. The average Bonchev–Trinajstić information content (AvgIpc) is 2.85. The quantitative estimate of drug-likeness (QED) is 0.773. The number of benzene rings is 1. The van der Waals surface area contributed by atoms with Crippen LogP contribution in [0.1, 0.15) is 17.0 Å². The standard InChI is InChI=1S/C14H13NO3/c16-14(13-7-3-9-18-13)15-8-4-10-17-12-6-2-1-5-11(12)15/h1-3,5-7,9H,4,8,10H2. The lowest BCUT2D eigenvalue weighted by Crippen LogP contribution is -2.31. The highest BCUT2D eigenvalue weighted by Crippen LogP contribution is 2.31. The first-order valence-corrected chi connectivity index (χ1v) is 5.93. The molecule has 2 heterocycles. The number of carbonyl (C=O) groups excluding carboxylic acids is 1. The van der Waals surface area contributed by atoms with Gasteiger partial charge >= 0.3 is 0 Å². The van der Waals surface area contributed by atoms with Gasteiger partial charge in [-0.25, -0.2) is 0 Å². The normalized spacial score (nSPS) is 14.6. The van der Waals surface area contributed by atoms with Crippen LogP contribution in [0.3, 0.4) is 0 Å². The number of ether oxygens (including phenoxy) is 1. The third kappa shape index (κ3) is 1.86. The molecular weight excluding hydrogens is 230 g/mol. The molecule has 1 amide bonds. The molecule has 1 aromatic heterocycles. The number of furan rings is 1. The smallest absolute Gasteiger partial charge is 0.294 e. The summed E-state index contributed by atoms with van der Waals surface area (Å²) in [6.45, 7) is 1.26. The Balaban J connectivity index is 1.99. The molecule has 4 heteroatoms. The second-order valence-electron chi connectivity index (χ2n) is 4.10. The first-order valence-electron chi connectivity index (χ1n) is 5.93. The maximum absolute atomic E-state index is 12.4. The van der Waals surface area contributed by atoms with E-state index in [0.29, 0.717) is 18.9 Å². The summed E-state index contributed by atoms with van der Waals surface area (Å²) in [5, 5.41) is 0. The molecule has 0 bridgehead atoms. The van der Waals surface area contributed by atoms with Crippen molar-refractivity contribution in [3.63, 3.8) is 0 Å². The number of anilines is 1. The van der Waals surface area contributed by atoms with Gasteiger partial charge in [0.05, 0.1) is 18.6 Å². The number of rotatable bonds is 1. The fourth-order valence-electron chi connectivity index (χ4n) is 2.07. The fourth-order valence-corrected chi connectivity index (χ4v) is 2.07. The number of amides is 1. The number of fused-ring (bicyclic) bond motifs is 1. The van der Waals surface area contributed by atoms with Gasteiger partial charge in [0.2, 0.25) is 0 Å². The number of hydrogen-bond donors (Lipinski definition) is 0. The molecule has 0 aliphatic carbocycles. The van der Waals surface area contributed by atoms with Crippen LogP contribution in [0, 0.1) is 0 Å². The predicted octanol–water partition coefficient (Wildman–Crippen LogP) is 2.71. The van der Waals surface area contributed by atoms with Crippen LogP contribution in [0.2, 0.25) is 0 Å². The third-order valence-corrected chi connectivity index (χ3v) is 2.92. The highest BCUT2D eigenvalue weighted by molar-refractivity contribution is 6.05. The minimum atomic E-state index is -0.127. The van der Waals surface area contributed by atoms with Gasteiger partial charge in [-0.1, -0.05) is 12.1 Å². The van der Waals surface area contributed by atoms with Crippen LogP contribution in [-0.2, 0) is 0 Å². The first kappa shape index (κ1) is 10.9. The molecule has 0 atom stereocenters. The number of carbonyl (C=O) groups is 1. The molecule has 0 fully saturated rings. The summed E-state index contributed by atoms with van der Waals surface area (Å²) >= 11 is 0. The van der Waals surface area contributed by atoms with E-state index >= 15 is 0 Å². The molecule has 0 saturated carbocycles. The van der Waals surface area contributed by atoms with Gasteiger partial charge < -0.3 is 14.1 Å². The molecule has 0 unspecified atom stereocenters. The Morgan fingerprint density at radius 3 is 2.89 bits per heavy atom. The summed E-state index contributed by atoms with van der Waals surface area (Å²) in [5.41, 5.74) is 0.802. The van der Waals surface area contributed by atoms with Crippen LogP contribution >= 0.6 is 0 Å². The third-order valence-electron chi connectivity index (χ3n) is 2.92. The Morgan fingerprint density at radius 1 is 1.17 bits per heavy atom. The van der Waals surface area contributed by atoms with Gasteiger partial charge in [0, 0.05) is 6.54 Å². The van der Waals surface area contributed by atoms with Gasteiger partial charge in [0.25, 0.3) is 5.91 Å². The zero-order valence-electron chi connectivity index (χ0n) is 9.83. The molecule has 3 rings (SSSR count). The van der Waals surface area contributed by atoms with Crippen molar-refractivity contribution >= 4 is 11.6 Å². The van der Waals surface area contributed by atoms with Crippen molar-refractivity contribution in [3.8, 4) is 5.75 Å². The van der Waals surface area contributed by atoms with Crippen molar-refractivity contribution in [2.75, 3.05) is 18.1 Å². The van der Waals surface area contributed by atoms with Gasteiger partial charge in [-0.05, 0) is 30.7 Å². The van der Waals surface area contributed by atoms with Crippen LogP contribution < -0.4 is 9.64 Å². The van der Waals surface area contributed by atoms with Crippen molar-refractivity contribution in [2.24, 2.45) is 0 Å². The predicted molar refractivity (Wildman–Crippen MR) is 66.9 cm³/mol. The monoisotopic (exact) mass is 243 g/mol. The van der Waals surface area contributed by atoms with E-state index in [2.05, 4.69) is 0 Å². The van der Waals surface area contributed by atoms with Crippen molar-refractivity contribution in [3.05, 3.63) is 48.4 Å². The van der Waals surface area contributed by atoms with Crippen molar-refractivity contribution in [2.45, 2.75) is 6.42 Å². The Kier molecular flexibility index (Phi) is 2.76. The Labute approximate surface area is 105 Å². The molecule has 1 aromatic carbocycles. The van der Waals surface area contributed by atoms with Crippen molar-refractivity contribution in [1.29, 1.82) is 0 Å².